The average molecular weight is 300 g/mol. The fourth-order valence-electron chi connectivity index (χ4n) is 1.50. The molecule has 1 amide bonds. The molecule has 6 nitrogen and oxygen atoms in total. The van der Waals surface area contributed by atoms with E-state index in [1.165, 1.54) is 19.2 Å². The Balaban J connectivity index is 2.97. The van der Waals surface area contributed by atoms with E-state index in [1.807, 2.05) is 0 Å². The maximum absolute atomic E-state index is 11.8. The van der Waals surface area contributed by atoms with Crippen LogP contribution in [0.4, 0.5) is 0 Å². The number of methoxy groups -OCH3 is 1. The molecule has 0 saturated carbocycles. The Morgan fingerprint density at radius 1 is 1.35 bits per heavy atom. The van der Waals surface area contributed by atoms with E-state index < -0.39 is 15.4 Å². The summed E-state index contributed by atoms with van der Waals surface area (Å²) in [4.78, 5) is 11.7. The number of carbonyl (C=O) groups excluding carboxylic acids is 1. The van der Waals surface area contributed by atoms with Gasteiger partial charge in [-0.1, -0.05) is 26.8 Å². The molecule has 0 saturated heterocycles. The molecule has 0 aliphatic rings. The highest BCUT2D eigenvalue weighted by Gasteiger charge is 2.21. The van der Waals surface area contributed by atoms with Crippen LogP contribution in [-0.2, 0) is 21.4 Å². The van der Waals surface area contributed by atoms with Crippen molar-refractivity contribution in [3.8, 4) is 5.75 Å². The van der Waals surface area contributed by atoms with E-state index in [2.05, 4.69) is 5.32 Å². The highest BCUT2D eigenvalue weighted by Crippen LogP contribution is 2.23. The van der Waals surface area contributed by atoms with Crippen LogP contribution in [0.15, 0.2) is 23.1 Å². The van der Waals surface area contributed by atoms with Gasteiger partial charge in [-0.25, -0.2) is 13.6 Å². The van der Waals surface area contributed by atoms with Crippen LogP contribution in [0.1, 0.15) is 26.3 Å². The quantitative estimate of drug-likeness (QED) is 0.866. The molecule has 0 aromatic heterocycles. The number of amides is 1. The first kappa shape index (κ1) is 16.5. The number of hydrogen-bond acceptors (Lipinski definition) is 4. The van der Waals surface area contributed by atoms with Crippen LogP contribution in [0.25, 0.3) is 0 Å². The van der Waals surface area contributed by atoms with Gasteiger partial charge in [0.1, 0.15) is 10.6 Å². The second-order valence-electron chi connectivity index (χ2n) is 5.46. The Labute approximate surface area is 119 Å². The molecular formula is C13H20N2O4S. The second kappa shape index (κ2) is 5.80. The van der Waals surface area contributed by atoms with Gasteiger partial charge in [0.05, 0.1) is 7.11 Å². The fraction of sp³-hybridized carbons (Fsp3) is 0.462. The van der Waals surface area contributed by atoms with Crippen LogP contribution >= 0.6 is 0 Å². The van der Waals surface area contributed by atoms with Gasteiger partial charge in [0, 0.05) is 12.0 Å². The van der Waals surface area contributed by atoms with Crippen LogP contribution in [0.2, 0.25) is 0 Å². The number of ether oxygens (including phenoxy) is 1. The zero-order chi connectivity index (χ0) is 15.6. The molecule has 20 heavy (non-hydrogen) atoms. The summed E-state index contributed by atoms with van der Waals surface area (Å²) in [5, 5.41) is 7.87. The molecule has 3 N–H and O–H groups in total. The van der Waals surface area contributed by atoms with Gasteiger partial charge in [0.2, 0.25) is 15.9 Å². The van der Waals surface area contributed by atoms with Crippen LogP contribution in [0.5, 0.6) is 5.75 Å². The van der Waals surface area contributed by atoms with Crippen molar-refractivity contribution in [3.63, 3.8) is 0 Å². The lowest BCUT2D eigenvalue weighted by Crippen LogP contribution is -2.34. The number of benzene rings is 1. The lowest BCUT2D eigenvalue weighted by atomic mass is 9.95. The summed E-state index contributed by atoms with van der Waals surface area (Å²) in [5.74, 6) is 0.0591. The standard InChI is InChI=1S/C13H20N2O4S/c1-13(2,3)12(16)15-8-9-5-6-10(19-4)11(7-9)20(14,17)18/h5-7H,8H2,1-4H3,(H,15,16)(H2,14,17,18). The van der Waals surface area contributed by atoms with Crippen molar-refractivity contribution in [2.24, 2.45) is 10.6 Å². The fourth-order valence-corrected chi connectivity index (χ4v) is 2.25. The van der Waals surface area contributed by atoms with E-state index >= 15 is 0 Å². The predicted molar refractivity (Wildman–Crippen MR) is 75.7 cm³/mol. The lowest BCUT2D eigenvalue weighted by molar-refractivity contribution is -0.128. The molecule has 0 fully saturated rings. The Morgan fingerprint density at radius 3 is 2.40 bits per heavy atom. The summed E-state index contributed by atoms with van der Waals surface area (Å²) in [6.07, 6.45) is 0. The number of sulfonamides is 1. The number of carbonyl (C=O) groups is 1. The summed E-state index contributed by atoms with van der Waals surface area (Å²) >= 11 is 0. The number of nitrogens with one attached hydrogen (secondary N) is 1. The van der Waals surface area contributed by atoms with Crippen LogP contribution < -0.4 is 15.2 Å². The minimum Gasteiger partial charge on any atom is -0.495 e. The summed E-state index contributed by atoms with van der Waals surface area (Å²) < 4.78 is 27.9. The monoisotopic (exact) mass is 300 g/mol. The number of nitrogens with two attached hydrogens (primary N) is 1. The molecule has 0 aliphatic carbocycles. The van der Waals surface area contributed by atoms with E-state index in [0.717, 1.165) is 0 Å². The topological polar surface area (TPSA) is 98.5 Å². The maximum Gasteiger partial charge on any atom is 0.241 e. The molecule has 0 aliphatic heterocycles. The first-order valence-electron chi connectivity index (χ1n) is 6.03. The normalized spacial score (nSPS) is 12.1. The third kappa shape index (κ3) is 4.21. The summed E-state index contributed by atoms with van der Waals surface area (Å²) in [7, 11) is -2.51. The molecule has 0 bridgehead atoms. The van der Waals surface area contributed by atoms with E-state index in [4.69, 9.17) is 9.88 Å². The van der Waals surface area contributed by atoms with Crippen LogP contribution in [0.3, 0.4) is 0 Å². The van der Waals surface area contributed by atoms with E-state index in [-0.39, 0.29) is 23.1 Å². The van der Waals surface area contributed by atoms with Gasteiger partial charge >= 0.3 is 0 Å². The molecule has 112 valence electrons. The first-order chi connectivity index (χ1) is 9.05. The number of hydrogen-bond donors (Lipinski definition) is 2. The Morgan fingerprint density at radius 2 is 1.95 bits per heavy atom. The Hall–Kier alpha value is -1.60. The Kier molecular flexibility index (Phi) is 4.77. The van der Waals surface area contributed by atoms with Gasteiger partial charge in [-0.15, -0.1) is 0 Å². The molecule has 0 radical (unpaired) electrons. The predicted octanol–water partition coefficient (Wildman–Crippen LogP) is 1.00. The molecule has 1 aromatic carbocycles. The molecule has 0 spiro atoms. The van der Waals surface area contributed by atoms with Crippen LogP contribution in [0, 0.1) is 5.41 Å². The SMILES string of the molecule is COc1ccc(CNC(=O)C(C)(C)C)cc1S(N)(=O)=O. The van der Waals surface area contributed by atoms with Gasteiger partial charge in [-0.2, -0.15) is 0 Å². The van der Waals surface area contributed by atoms with E-state index in [0.29, 0.717) is 5.56 Å². The van der Waals surface area contributed by atoms with Crippen molar-refractivity contribution >= 4 is 15.9 Å². The highest BCUT2D eigenvalue weighted by molar-refractivity contribution is 7.89. The molecule has 7 heteroatoms. The number of rotatable bonds is 4. The first-order valence-corrected chi connectivity index (χ1v) is 7.58. The smallest absolute Gasteiger partial charge is 0.241 e. The summed E-state index contributed by atoms with van der Waals surface area (Å²) in [6.45, 7) is 5.62. The zero-order valence-electron chi connectivity index (χ0n) is 12.1. The van der Waals surface area contributed by atoms with Gasteiger partial charge < -0.3 is 10.1 Å². The minimum absolute atomic E-state index is 0.0949. The van der Waals surface area contributed by atoms with E-state index in [9.17, 15) is 13.2 Å². The second-order valence-corrected chi connectivity index (χ2v) is 6.99. The van der Waals surface area contributed by atoms with E-state index in [1.54, 1.807) is 26.8 Å². The summed E-state index contributed by atoms with van der Waals surface area (Å²) in [5.41, 5.74) is 0.127. The summed E-state index contributed by atoms with van der Waals surface area (Å²) in [6, 6.07) is 4.59. The largest absolute Gasteiger partial charge is 0.495 e. The highest BCUT2D eigenvalue weighted by atomic mass is 32.2. The lowest BCUT2D eigenvalue weighted by Gasteiger charge is -2.18. The van der Waals surface area contributed by atoms with Crippen molar-refractivity contribution in [1.29, 1.82) is 0 Å². The molecule has 1 rings (SSSR count). The zero-order valence-corrected chi connectivity index (χ0v) is 12.9. The molecule has 0 atom stereocenters. The van der Waals surface area contributed by atoms with Crippen molar-refractivity contribution in [2.75, 3.05) is 7.11 Å². The Bertz CT molecular complexity index is 603. The minimum atomic E-state index is -3.87. The molecule has 0 heterocycles. The third-order valence-electron chi connectivity index (χ3n) is 2.67. The molecule has 0 unspecified atom stereocenters. The molecular weight excluding hydrogens is 280 g/mol. The maximum atomic E-state index is 11.8. The van der Waals surface area contributed by atoms with Crippen molar-refractivity contribution in [2.45, 2.75) is 32.2 Å². The van der Waals surface area contributed by atoms with Gasteiger partial charge in [-0.3, -0.25) is 4.79 Å². The van der Waals surface area contributed by atoms with Crippen molar-refractivity contribution in [3.05, 3.63) is 23.8 Å². The van der Waals surface area contributed by atoms with Gasteiger partial charge in [0.15, 0.2) is 0 Å². The van der Waals surface area contributed by atoms with Gasteiger partial charge in [0.25, 0.3) is 0 Å². The van der Waals surface area contributed by atoms with Crippen LogP contribution in [-0.4, -0.2) is 21.4 Å². The van der Waals surface area contributed by atoms with Crippen molar-refractivity contribution in [1.82, 2.24) is 5.32 Å². The molecule has 1 aromatic rings. The van der Waals surface area contributed by atoms with Gasteiger partial charge in [-0.05, 0) is 17.7 Å². The average Bonchev–Trinajstić information content (AvgIpc) is 2.33. The van der Waals surface area contributed by atoms with Crippen molar-refractivity contribution < 1.29 is 17.9 Å². The third-order valence-corrected chi connectivity index (χ3v) is 3.60. The number of primary sulfonamides is 1.